The largest absolute Gasteiger partial charge is 0.497 e. The van der Waals surface area contributed by atoms with Crippen LogP contribution in [0.4, 0.5) is 0 Å². The van der Waals surface area contributed by atoms with Crippen LogP contribution in [0.5, 0.6) is 5.75 Å². The van der Waals surface area contributed by atoms with E-state index in [9.17, 15) is 4.79 Å². The summed E-state index contributed by atoms with van der Waals surface area (Å²) in [5.74, 6) is 1.44. The third kappa shape index (κ3) is 2.88. The van der Waals surface area contributed by atoms with Gasteiger partial charge in [-0.15, -0.1) is 0 Å². The lowest BCUT2D eigenvalue weighted by Crippen LogP contribution is -2.35. The minimum atomic E-state index is 0.128. The summed E-state index contributed by atoms with van der Waals surface area (Å²) in [5.41, 5.74) is 2.86. The molecule has 1 aromatic carbocycles. The Balaban J connectivity index is 1.99. The van der Waals surface area contributed by atoms with Crippen molar-refractivity contribution < 1.29 is 4.74 Å². The quantitative estimate of drug-likeness (QED) is 0.947. The van der Waals surface area contributed by atoms with Crippen molar-refractivity contribution in [2.24, 2.45) is 5.92 Å². The molecule has 0 radical (unpaired) electrons. The van der Waals surface area contributed by atoms with E-state index in [1.165, 1.54) is 12.8 Å². The first-order valence-corrected chi connectivity index (χ1v) is 8.00. The fourth-order valence-corrected chi connectivity index (χ4v) is 3.40. The van der Waals surface area contributed by atoms with Crippen LogP contribution in [0.15, 0.2) is 23.0 Å². The highest BCUT2D eigenvalue weighted by atomic mass is 16.5. The highest BCUT2D eigenvalue weighted by molar-refractivity contribution is 5.81. The van der Waals surface area contributed by atoms with Gasteiger partial charge in [0.2, 0.25) is 0 Å². The molecule has 0 aliphatic carbocycles. The van der Waals surface area contributed by atoms with Crippen molar-refractivity contribution in [1.29, 1.82) is 0 Å². The molecular formula is C18H24N2O2. The molecule has 2 aromatic rings. The molecule has 1 aliphatic rings. The van der Waals surface area contributed by atoms with E-state index in [0.29, 0.717) is 11.3 Å². The zero-order valence-electron chi connectivity index (χ0n) is 13.6. The van der Waals surface area contributed by atoms with Gasteiger partial charge in [0.05, 0.1) is 7.11 Å². The number of fused-ring (bicyclic) bond motifs is 1. The Kier molecular flexibility index (Phi) is 4.21. The minimum absolute atomic E-state index is 0.128. The van der Waals surface area contributed by atoms with E-state index in [0.717, 1.165) is 42.2 Å². The van der Waals surface area contributed by atoms with Crippen LogP contribution < -0.4 is 10.2 Å². The van der Waals surface area contributed by atoms with Gasteiger partial charge in [0.25, 0.3) is 0 Å². The summed E-state index contributed by atoms with van der Waals surface area (Å²) >= 11 is 0. The zero-order chi connectivity index (χ0) is 15.7. The van der Waals surface area contributed by atoms with Gasteiger partial charge in [0, 0.05) is 35.2 Å². The van der Waals surface area contributed by atoms with Crippen LogP contribution in [0, 0.1) is 12.8 Å². The summed E-state index contributed by atoms with van der Waals surface area (Å²) in [6.45, 7) is 7.18. The number of benzene rings is 1. The van der Waals surface area contributed by atoms with Crippen LogP contribution in [0.1, 0.15) is 31.0 Å². The number of nitrogens with one attached hydrogen (secondary N) is 1. The van der Waals surface area contributed by atoms with Crippen molar-refractivity contribution >= 4 is 10.9 Å². The van der Waals surface area contributed by atoms with Crippen molar-refractivity contribution in [3.8, 4) is 5.75 Å². The van der Waals surface area contributed by atoms with Gasteiger partial charge in [-0.25, -0.2) is 0 Å². The van der Waals surface area contributed by atoms with E-state index in [1.807, 2.05) is 25.1 Å². The Morgan fingerprint density at radius 1 is 1.41 bits per heavy atom. The van der Waals surface area contributed by atoms with Gasteiger partial charge in [-0.2, -0.15) is 0 Å². The fraction of sp³-hybridized carbons (Fsp3) is 0.500. The van der Waals surface area contributed by atoms with Crippen molar-refractivity contribution in [2.75, 3.05) is 20.2 Å². The molecule has 1 atom stereocenters. The monoisotopic (exact) mass is 300 g/mol. The fourth-order valence-electron chi connectivity index (χ4n) is 3.40. The molecule has 4 nitrogen and oxygen atoms in total. The van der Waals surface area contributed by atoms with Gasteiger partial charge in [-0.1, -0.05) is 6.92 Å². The number of aromatic amines is 1. The Labute approximate surface area is 131 Å². The SMILES string of the molecule is COc1ccc2[nH]c(C)c(CN3CCCC(C)C3)c(=O)c2c1. The summed E-state index contributed by atoms with van der Waals surface area (Å²) in [6, 6.07) is 5.62. The van der Waals surface area contributed by atoms with Gasteiger partial charge in [-0.3, -0.25) is 9.69 Å². The number of aromatic nitrogens is 1. The lowest BCUT2D eigenvalue weighted by atomic mass is 9.99. The number of rotatable bonds is 3. The molecule has 0 bridgehead atoms. The van der Waals surface area contributed by atoms with E-state index in [1.54, 1.807) is 7.11 Å². The van der Waals surface area contributed by atoms with Crippen LogP contribution in [0.25, 0.3) is 10.9 Å². The first-order valence-electron chi connectivity index (χ1n) is 8.00. The van der Waals surface area contributed by atoms with Crippen LogP contribution in [-0.4, -0.2) is 30.1 Å². The number of methoxy groups -OCH3 is 1. The van der Waals surface area contributed by atoms with E-state index in [-0.39, 0.29) is 5.43 Å². The molecule has 22 heavy (non-hydrogen) atoms. The number of ether oxygens (including phenoxy) is 1. The number of hydrogen-bond donors (Lipinski definition) is 1. The second kappa shape index (κ2) is 6.13. The molecule has 1 aromatic heterocycles. The highest BCUT2D eigenvalue weighted by Gasteiger charge is 2.19. The molecule has 118 valence electrons. The predicted molar refractivity (Wildman–Crippen MR) is 89.5 cm³/mol. The number of nitrogens with zero attached hydrogens (tertiary/aromatic N) is 1. The normalized spacial score (nSPS) is 19.5. The van der Waals surface area contributed by atoms with E-state index < -0.39 is 0 Å². The molecule has 1 aliphatic heterocycles. The third-order valence-corrected chi connectivity index (χ3v) is 4.64. The van der Waals surface area contributed by atoms with Crippen LogP contribution in [0.2, 0.25) is 0 Å². The van der Waals surface area contributed by atoms with E-state index in [2.05, 4.69) is 16.8 Å². The average Bonchev–Trinajstić information content (AvgIpc) is 2.51. The van der Waals surface area contributed by atoms with E-state index >= 15 is 0 Å². The van der Waals surface area contributed by atoms with Gasteiger partial charge in [0.1, 0.15) is 5.75 Å². The number of piperidine rings is 1. The maximum atomic E-state index is 12.9. The third-order valence-electron chi connectivity index (χ3n) is 4.64. The van der Waals surface area contributed by atoms with E-state index in [4.69, 9.17) is 4.74 Å². The molecule has 0 saturated carbocycles. The average molecular weight is 300 g/mol. The van der Waals surface area contributed by atoms with Gasteiger partial charge >= 0.3 is 0 Å². The second-order valence-electron chi connectivity index (χ2n) is 6.45. The first kappa shape index (κ1) is 15.1. The topological polar surface area (TPSA) is 45.3 Å². The van der Waals surface area contributed by atoms with Crippen molar-refractivity contribution in [3.05, 3.63) is 39.7 Å². The smallest absolute Gasteiger partial charge is 0.194 e. The standard InChI is InChI=1S/C18H24N2O2/c1-12-5-4-8-20(10-12)11-16-13(2)19-17-7-6-14(22-3)9-15(17)18(16)21/h6-7,9,12H,4-5,8,10-11H2,1-3H3,(H,19,21). The number of H-pyrrole nitrogens is 1. The number of likely N-dealkylation sites (tertiary alicyclic amines) is 1. The molecule has 1 N–H and O–H groups in total. The van der Waals surface area contributed by atoms with Crippen molar-refractivity contribution in [2.45, 2.75) is 33.2 Å². The number of pyridine rings is 1. The van der Waals surface area contributed by atoms with Crippen molar-refractivity contribution in [3.63, 3.8) is 0 Å². The minimum Gasteiger partial charge on any atom is -0.497 e. The molecule has 1 unspecified atom stereocenters. The molecule has 2 heterocycles. The van der Waals surface area contributed by atoms with Gasteiger partial charge in [0.15, 0.2) is 5.43 Å². The highest BCUT2D eigenvalue weighted by Crippen LogP contribution is 2.21. The number of aryl methyl sites for hydroxylation is 1. The summed E-state index contributed by atoms with van der Waals surface area (Å²) in [4.78, 5) is 18.6. The zero-order valence-corrected chi connectivity index (χ0v) is 13.6. The molecule has 1 fully saturated rings. The van der Waals surface area contributed by atoms with Crippen LogP contribution in [0.3, 0.4) is 0 Å². The lowest BCUT2D eigenvalue weighted by Gasteiger charge is -2.31. The number of hydrogen-bond acceptors (Lipinski definition) is 3. The Bertz CT molecular complexity index is 736. The summed E-state index contributed by atoms with van der Waals surface area (Å²) in [7, 11) is 1.62. The molecular weight excluding hydrogens is 276 g/mol. The van der Waals surface area contributed by atoms with Crippen LogP contribution in [-0.2, 0) is 6.54 Å². The maximum Gasteiger partial charge on any atom is 0.194 e. The first-order chi connectivity index (χ1) is 10.6. The molecule has 1 saturated heterocycles. The second-order valence-corrected chi connectivity index (χ2v) is 6.45. The van der Waals surface area contributed by atoms with Crippen LogP contribution >= 0.6 is 0 Å². The van der Waals surface area contributed by atoms with Crippen molar-refractivity contribution in [1.82, 2.24) is 9.88 Å². The Morgan fingerprint density at radius 2 is 2.23 bits per heavy atom. The maximum absolute atomic E-state index is 12.9. The van der Waals surface area contributed by atoms with Gasteiger partial charge < -0.3 is 9.72 Å². The summed E-state index contributed by atoms with van der Waals surface area (Å²) in [6.07, 6.45) is 2.51. The van der Waals surface area contributed by atoms with Gasteiger partial charge in [-0.05, 0) is 50.4 Å². The molecule has 3 rings (SSSR count). The molecule has 0 amide bonds. The predicted octanol–water partition coefficient (Wildman–Crippen LogP) is 3.08. The lowest BCUT2D eigenvalue weighted by molar-refractivity contribution is 0.176. The molecule has 0 spiro atoms. The molecule has 4 heteroatoms. The summed E-state index contributed by atoms with van der Waals surface area (Å²) < 4.78 is 5.25. The summed E-state index contributed by atoms with van der Waals surface area (Å²) in [5, 5.41) is 0.713. The Hall–Kier alpha value is -1.81. The Morgan fingerprint density at radius 3 is 2.95 bits per heavy atom.